The number of benzene rings is 2. The van der Waals surface area contributed by atoms with Crippen LogP contribution in [-0.4, -0.2) is 55.0 Å². The van der Waals surface area contributed by atoms with Gasteiger partial charge in [0.05, 0.1) is 23.6 Å². The summed E-state index contributed by atoms with van der Waals surface area (Å²) in [5.74, 6) is 0.0512. The number of fused-ring (bicyclic) bond motifs is 1. The standard InChI is InChI=1S/C22H22N4O5S/c23-22-18-3-1-2-4-19(18)24-20(25-22)15-31-21(27)10-7-16-5-8-17(9-6-16)32(28,29)26-11-13-30-14-12-26/h1-10H,11-15H2,(H2,23,24,25)/b10-7+. The lowest BCUT2D eigenvalue weighted by Gasteiger charge is -2.26. The van der Waals surface area contributed by atoms with Crippen LogP contribution in [0.3, 0.4) is 0 Å². The van der Waals surface area contributed by atoms with Crippen molar-refractivity contribution in [2.24, 2.45) is 0 Å². The largest absolute Gasteiger partial charge is 0.454 e. The van der Waals surface area contributed by atoms with Gasteiger partial charge in [-0.3, -0.25) is 0 Å². The minimum atomic E-state index is -3.56. The highest BCUT2D eigenvalue weighted by molar-refractivity contribution is 7.89. The van der Waals surface area contributed by atoms with Crippen LogP contribution in [0, 0.1) is 0 Å². The molecule has 10 heteroatoms. The van der Waals surface area contributed by atoms with Crippen LogP contribution in [-0.2, 0) is 30.9 Å². The van der Waals surface area contributed by atoms with Crippen molar-refractivity contribution in [1.82, 2.24) is 14.3 Å². The zero-order valence-corrected chi connectivity index (χ0v) is 18.0. The molecule has 0 radical (unpaired) electrons. The highest BCUT2D eigenvalue weighted by Crippen LogP contribution is 2.19. The zero-order chi connectivity index (χ0) is 22.6. The number of ether oxygens (including phenoxy) is 2. The topological polar surface area (TPSA) is 125 Å². The van der Waals surface area contributed by atoms with Crippen molar-refractivity contribution in [2.75, 3.05) is 32.0 Å². The smallest absolute Gasteiger partial charge is 0.331 e. The van der Waals surface area contributed by atoms with Gasteiger partial charge in [0, 0.05) is 24.6 Å². The first-order valence-corrected chi connectivity index (χ1v) is 11.4. The number of sulfonamides is 1. The van der Waals surface area contributed by atoms with E-state index >= 15 is 0 Å². The maximum absolute atomic E-state index is 12.6. The van der Waals surface area contributed by atoms with Gasteiger partial charge in [-0.15, -0.1) is 0 Å². The molecule has 0 bridgehead atoms. The van der Waals surface area contributed by atoms with E-state index in [0.29, 0.717) is 49.0 Å². The summed E-state index contributed by atoms with van der Waals surface area (Å²) < 4.78 is 37.1. The molecule has 0 atom stereocenters. The Labute approximate surface area is 185 Å². The lowest BCUT2D eigenvalue weighted by atomic mass is 10.2. The number of aromatic nitrogens is 2. The SMILES string of the molecule is Nc1nc(COC(=O)/C=C/c2ccc(S(=O)(=O)N3CCOCC3)cc2)nc2ccccc12. The number of para-hydroxylation sites is 1. The van der Waals surface area contributed by atoms with Gasteiger partial charge in [0.2, 0.25) is 10.0 Å². The quantitative estimate of drug-likeness (QED) is 0.443. The second-order valence-electron chi connectivity index (χ2n) is 7.07. The van der Waals surface area contributed by atoms with E-state index in [2.05, 4.69) is 9.97 Å². The van der Waals surface area contributed by atoms with Crippen LogP contribution in [0.25, 0.3) is 17.0 Å². The average Bonchev–Trinajstić information content (AvgIpc) is 2.82. The minimum Gasteiger partial charge on any atom is -0.454 e. The van der Waals surface area contributed by atoms with Gasteiger partial charge in [-0.05, 0) is 35.9 Å². The van der Waals surface area contributed by atoms with Crippen molar-refractivity contribution in [3.63, 3.8) is 0 Å². The van der Waals surface area contributed by atoms with Crippen molar-refractivity contribution in [3.8, 4) is 0 Å². The number of rotatable bonds is 6. The summed E-state index contributed by atoms with van der Waals surface area (Å²) >= 11 is 0. The Morgan fingerprint density at radius 2 is 1.81 bits per heavy atom. The average molecular weight is 455 g/mol. The third kappa shape index (κ3) is 4.93. The molecule has 4 rings (SSSR count). The van der Waals surface area contributed by atoms with Gasteiger partial charge < -0.3 is 15.2 Å². The second-order valence-corrected chi connectivity index (χ2v) is 9.01. The summed E-state index contributed by atoms with van der Waals surface area (Å²) in [6.07, 6.45) is 2.80. The molecule has 2 heterocycles. The fourth-order valence-corrected chi connectivity index (χ4v) is 4.66. The van der Waals surface area contributed by atoms with Crippen LogP contribution in [0.1, 0.15) is 11.4 Å². The number of morpholine rings is 1. The molecule has 1 aliphatic heterocycles. The van der Waals surface area contributed by atoms with Crippen molar-refractivity contribution in [1.29, 1.82) is 0 Å². The third-order valence-corrected chi connectivity index (χ3v) is 6.84. The van der Waals surface area contributed by atoms with E-state index in [1.807, 2.05) is 24.3 Å². The van der Waals surface area contributed by atoms with Crippen molar-refractivity contribution < 1.29 is 22.7 Å². The Morgan fingerprint density at radius 3 is 2.56 bits per heavy atom. The van der Waals surface area contributed by atoms with Crippen LogP contribution >= 0.6 is 0 Å². The molecule has 1 aromatic heterocycles. The third-order valence-electron chi connectivity index (χ3n) is 4.92. The molecule has 0 unspecified atom stereocenters. The molecule has 1 saturated heterocycles. The van der Waals surface area contributed by atoms with E-state index < -0.39 is 16.0 Å². The number of nitrogens with two attached hydrogens (primary N) is 1. The first-order valence-electron chi connectivity index (χ1n) is 9.97. The van der Waals surface area contributed by atoms with E-state index in [0.717, 1.165) is 5.39 Å². The van der Waals surface area contributed by atoms with E-state index in [1.165, 1.54) is 22.5 Å². The number of esters is 1. The maximum atomic E-state index is 12.6. The number of anilines is 1. The monoisotopic (exact) mass is 454 g/mol. The van der Waals surface area contributed by atoms with Gasteiger partial charge in [-0.1, -0.05) is 24.3 Å². The number of nitrogens with zero attached hydrogens (tertiary/aromatic N) is 3. The molecule has 9 nitrogen and oxygen atoms in total. The second kappa shape index (κ2) is 9.43. The summed E-state index contributed by atoms with van der Waals surface area (Å²) in [7, 11) is -3.56. The first kappa shape index (κ1) is 21.9. The molecule has 0 spiro atoms. The summed E-state index contributed by atoms with van der Waals surface area (Å²) in [6.45, 7) is 1.33. The van der Waals surface area contributed by atoms with Crippen molar-refractivity contribution in [3.05, 3.63) is 66.0 Å². The normalized spacial score (nSPS) is 15.2. The van der Waals surface area contributed by atoms with E-state index in [9.17, 15) is 13.2 Å². The Kier molecular flexibility index (Phi) is 6.45. The highest BCUT2D eigenvalue weighted by Gasteiger charge is 2.25. The van der Waals surface area contributed by atoms with Crippen molar-refractivity contribution in [2.45, 2.75) is 11.5 Å². The number of hydrogen-bond donors (Lipinski definition) is 1. The molecular formula is C22H22N4O5S. The molecule has 0 aliphatic carbocycles. The molecule has 0 amide bonds. The number of hydrogen-bond acceptors (Lipinski definition) is 8. The summed E-state index contributed by atoms with van der Waals surface area (Å²) in [4.78, 5) is 20.8. The van der Waals surface area contributed by atoms with Gasteiger partial charge >= 0.3 is 5.97 Å². The predicted octanol–water partition coefficient (Wildman–Crippen LogP) is 1.99. The fourth-order valence-electron chi connectivity index (χ4n) is 3.25. The van der Waals surface area contributed by atoms with Gasteiger partial charge in [-0.25, -0.2) is 23.2 Å². The molecule has 3 aromatic rings. The minimum absolute atomic E-state index is 0.116. The van der Waals surface area contributed by atoms with Gasteiger partial charge in [-0.2, -0.15) is 4.31 Å². The predicted molar refractivity (Wildman–Crippen MR) is 119 cm³/mol. The number of carbonyl (C=O) groups is 1. The van der Waals surface area contributed by atoms with Gasteiger partial charge in [0.15, 0.2) is 12.4 Å². The Balaban J connectivity index is 1.36. The Morgan fingerprint density at radius 1 is 1.09 bits per heavy atom. The summed E-state index contributed by atoms with van der Waals surface area (Å²) in [5.41, 5.74) is 7.27. The molecule has 1 fully saturated rings. The molecule has 0 saturated carbocycles. The molecule has 2 N–H and O–H groups in total. The highest BCUT2D eigenvalue weighted by atomic mass is 32.2. The van der Waals surface area contributed by atoms with Gasteiger partial charge in [0.25, 0.3) is 0 Å². The van der Waals surface area contributed by atoms with E-state index in [1.54, 1.807) is 18.2 Å². The lowest BCUT2D eigenvalue weighted by molar-refractivity contribution is -0.139. The number of nitrogen functional groups attached to an aromatic ring is 1. The van der Waals surface area contributed by atoms with Crippen LogP contribution < -0.4 is 5.73 Å². The first-order chi connectivity index (χ1) is 15.4. The van der Waals surface area contributed by atoms with Gasteiger partial charge in [0.1, 0.15) is 5.82 Å². The maximum Gasteiger partial charge on any atom is 0.331 e. The molecule has 1 aliphatic rings. The van der Waals surface area contributed by atoms with Crippen LogP contribution in [0.2, 0.25) is 0 Å². The summed E-state index contributed by atoms with van der Waals surface area (Å²) in [6, 6.07) is 13.6. The van der Waals surface area contributed by atoms with E-state index in [-0.39, 0.29) is 11.5 Å². The number of carbonyl (C=O) groups excluding carboxylic acids is 1. The fraction of sp³-hybridized carbons (Fsp3) is 0.227. The molecule has 166 valence electrons. The molecular weight excluding hydrogens is 432 g/mol. The van der Waals surface area contributed by atoms with E-state index in [4.69, 9.17) is 15.2 Å². The lowest BCUT2D eigenvalue weighted by Crippen LogP contribution is -2.40. The Hall–Kier alpha value is -3.34. The summed E-state index contributed by atoms with van der Waals surface area (Å²) in [5, 5.41) is 0.738. The zero-order valence-electron chi connectivity index (χ0n) is 17.2. The van der Waals surface area contributed by atoms with Crippen LogP contribution in [0.5, 0.6) is 0 Å². The van der Waals surface area contributed by atoms with Crippen LogP contribution in [0.15, 0.2) is 59.5 Å². The Bertz CT molecular complexity index is 1250. The molecule has 32 heavy (non-hydrogen) atoms. The molecule has 2 aromatic carbocycles. The van der Waals surface area contributed by atoms with Crippen molar-refractivity contribution >= 4 is 38.8 Å². The van der Waals surface area contributed by atoms with Crippen LogP contribution in [0.4, 0.5) is 5.82 Å².